The van der Waals surface area contributed by atoms with Crippen molar-refractivity contribution in [3.05, 3.63) is 28.7 Å². The molecule has 0 fully saturated rings. The third-order valence-corrected chi connectivity index (χ3v) is 2.95. The first-order valence-electron chi connectivity index (χ1n) is 5.61. The molecular weight excluding hydrogens is 230 g/mol. The summed E-state index contributed by atoms with van der Waals surface area (Å²) in [5, 5.41) is 6.48. The molecule has 3 nitrogen and oxygen atoms in total. The Morgan fingerprint density at radius 3 is 2.47 bits per heavy atom. The van der Waals surface area contributed by atoms with Gasteiger partial charge in [-0.1, -0.05) is 0 Å². The first-order chi connectivity index (χ1) is 7.94. The van der Waals surface area contributed by atoms with E-state index in [1.54, 1.807) is 11.3 Å². The maximum Gasteiger partial charge on any atom is 0.126 e. The summed E-state index contributed by atoms with van der Waals surface area (Å²) in [6, 6.07) is 4.05. The first kappa shape index (κ1) is 12.0. The van der Waals surface area contributed by atoms with Crippen molar-refractivity contribution in [2.24, 2.45) is 0 Å². The van der Waals surface area contributed by atoms with Gasteiger partial charge in [0.1, 0.15) is 5.82 Å². The minimum absolute atomic E-state index is 0.0335. The molecule has 0 aromatic carbocycles. The van der Waals surface area contributed by atoms with E-state index in [9.17, 15) is 0 Å². The molecule has 0 unspecified atom stereocenters. The van der Waals surface area contributed by atoms with Gasteiger partial charge < -0.3 is 5.32 Å². The number of aryl methyl sites for hydroxylation is 1. The van der Waals surface area contributed by atoms with Gasteiger partial charge in [-0.3, -0.25) is 0 Å². The van der Waals surface area contributed by atoms with Crippen LogP contribution in [0.15, 0.2) is 23.7 Å². The van der Waals surface area contributed by atoms with E-state index in [0.717, 1.165) is 22.1 Å². The van der Waals surface area contributed by atoms with Crippen LogP contribution in [-0.2, 0) is 0 Å². The maximum absolute atomic E-state index is 4.44. The molecule has 2 heterocycles. The highest BCUT2D eigenvalue weighted by atomic mass is 32.1. The number of nitrogens with zero attached hydrogens (tertiary/aromatic N) is 2. The van der Waals surface area contributed by atoms with Gasteiger partial charge in [0, 0.05) is 22.7 Å². The van der Waals surface area contributed by atoms with Crippen molar-refractivity contribution in [2.45, 2.75) is 33.2 Å². The molecule has 90 valence electrons. The van der Waals surface area contributed by atoms with Crippen LogP contribution >= 0.6 is 11.3 Å². The minimum atomic E-state index is 0.0335. The van der Waals surface area contributed by atoms with Crippen LogP contribution in [-0.4, -0.2) is 15.5 Å². The Kier molecular flexibility index (Phi) is 3.15. The van der Waals surface area contributed by atoms with Gasteiger partial charge in [0.15, 0.2) is 0 Å². The van der Waals surface area contributed by atoms with E-state index in [1.807, 2.05) is 19.2 Å². The highest BCUT2D eigenvalue weighted by Gasteiger charge is 2.10. The molecule has 0 amide bonds. The van der Waals surface area contributed by atoms with Crippen LogP contribution in [0.3, 0.4) is 0 Å². The molecule has 0 aliphatic heterocycles. The molecule has 0 aliphatic carbocycles. The lowest BCUT2D eigenvalue weighted by Gasteiger charge is -2.21. The number of thiazole rings is 1. The summed E-state index contributed by atoms with van der Waals surface area (Å²) in [6.07, 6.45) is 1.86. The third kappa shape index (κ3) is 3.27. The Morgan fingerprint density at radius 2 is 2.00 bits per heavy atom. The summed E-state index contributed by atoms with van der Waals surface area (Å²) in [6.45, 7) is 8.36. The van der Waals surface area contributed by atoms with Crippen molar-refractivity contribution in [1.29, 1.82) is 0 Å². The van der Waals surface area contributed by atoms with Gasteiger partial charge in [-0.2, -0.15) is 0 Å². The predicted octanol–water partition coefficient (Wildman–Crippen LogP) is 3.72. The monoisotopic (exact) mass is 247 g/mol. The number of hydrogen-bond acceptors (Lipinski definition) is 4. The van der Waals surface area contributed by atoms with E-state index in [4.69, 9.17) is 0 Å². The van der Waals surface area contributed by atoms with E-state index >= 15 is 0 Å². The summed E-state index contributed by atoms with van der Waals surface area (Å²) < 4.78 is 0. The number of anilines is 1. The minimum Gasteiger partial charge on any atom is -0.365 e. The zero-order valence-corrected chi connectivity index (χ0v) is 11.4. The molecule has 0 saturated heterocycles. The van der Waals surface area contributed by atoms with Gasteiger partial charge in [0.05, 0.1) is 10.7 Å². The molecule has 2 rings (SSSR count). The van der Waals surface area contributed by atoms with Crippen LogP contribution in [0.1, 0.15) is 25.8 Å². The lowest BCUT2D eigenvalue weighted by atomic mass is 10.1. The molecule has 0 spiro atoms. The van der Waals surface area contributed by atoms with Gasteiger partial charge in [0.25, 0.3) is 0 Å². The molecule has 0 aliphatic rings. The molecule has 1 N–H and O–H groups in total. The Morgan fingerprint density at radius 1 is 1.24 bits per heavy atom. The number of rotatable bonds is 2. The Bertz CT molecular complexity index is 494. The fourth-order valence-corrected chi connectivity index (χ4v) is 2.12. The molecule has 0 saturated carbocycles. The van der Waals surface area contributed by atoms with Crippen LogP contribution in [0.2, 0.25) is 0 Å². The van der Waals surface area contributed by atoms with Gasteiger partial charge in [0.2, 0.25) is 0 Å². The lowest BCUT2D eigenvalue weighted by molar-refractivity contribution is 0.630. The topological polar surface area (TPSA) is 37.8 Å². The second-order valence-corrected chi connectivity index (χ2v) is 6.12. The van der Waals surface area contributed by atoms with Crippen LogP contribution in [0.5, 0.6) is 0 Å². The van der Waals surface area contributed by atoms with Crippen LogP contribution in [0.4, 0.5) is 5.82 Å². The number of pyridine rings is 1. The zero-order chi connectivity index (χ0) is 12.5. The van der Waals surface area contributed by atoms with E-state index < -0.39 is 0 Å². The smallest absolute Gasteiger partial charge is 0.126 e. The van der Waals surface area contributed by atoms with Crippen LogP contribution in [0, 0.1) is 6.92 Å². The van der Waals surface area contributed by atoms with Gasteiger partial charge in [-0.15, -0.1) is 11.3 Å². The largest absolute Gasteiger partial charge is 0.365 e. The number of hydrogen-bond donors (Lipinski definition) is 1. The third-order valence-electron chi connectivity index (χ3n) is 2.18. The van der Waals surface area contributed by atoms with Crippen LogP contribution < -0.4 is 5.32 Å². The fourth-order valence-electron chi connectivity index (χ4n) is 1.50. The van der Waals surface area contributed by atoms with Crippen molar-refractivity contribution in [3.8, 4) is 11.3 Å². The maximum atomic E-state index is 4.44. The van der Waals surface area contributed by atoms with E-state index in [-0.39, 0.29) is 5.54 Å². The molecule has 2 aromatic heterocycles. The molecule has 0 radical (unpaired) electrons. The Balaban J connectivity index is 2.19. The average Bonchev–Trinajstić information content (AvgIpc) is 2.63. The number of nitrogens with one attached hydrogen (secondary N) is 1. The quantitative estimate of drug-likeness (QED) is 0.878. The highest BCUT2D eigenvalue weighted by Crippen LogP contribution is 2.22. The summed E-state index contributed by atoms with van der Waals surface area (Å²) in [4.78, 5) is 8.85. The van der Waals surface area contributed by atoms with Crippen molar-refractivity contribution in [3.63, 3.8) is 0 Å². The molecule has 2 aromatic rings. The van der Waals surface area contributed by atoms with Gasteiger partial charge >= 0.3 is 0 Å². The highest BCUT2D eigenvalue weighted by molar-refractivity contribution is 7.09. The standard InChI is InChI=1S/C13H17N3S/c1-9-15-11(8-17-9)10-5-6-12(14-7-10)16-13(2,3)4/h5-8H,1-4H3,(H,14,16). The number of aromatic nitrogens is 2. The molecule has 4 heteroatoms. The predicted molar refractivity (Wildman–Crippen MR) is 73.5 cm³/mol. The summed E-state index contributed by atoms with van der Waals surface area (Å²) in [5.74, 6) is 0.896. The van der Waals surface area contributed by atoms with E-state index in [1.165, 1.54) is 0 Å². The summed E-state index contributed by atoms with van der Waals surface area (Å²) >= 11 is 1.66. The normalized spacial score (nSPS) is 11.5. The lowest BCUT2D eigenvalue weighted by Crippen LogP contribution is -2.26. The van der Waals surface area contributed by atoms with Crippen molar-refractivity contribution in [2.75, 3.05) is 5.32 Å². The summed E-state index contributed by atoms with van der Waals surface area (Å²) in [7, 11) is 0. The summed E-state index contributed by atoms with van der Waals surface area (Å²) in [5.41, 5.74) is 2.10. The first-order valence-corrected chi connectivity index (χ1v) is 6.49. The molecular formula is C13H17N3S. The second kappa shape index (κ2) is 4.45. The van der Waals surface area contributed by atoms with E-state index in [2.05, 4.69) is 47.5 Å². The fraction of sp³-hybridized carbons (Fsp3) is 0.385. The SMILES string of the molecule is Cc1nc(-c2ccc(NC(C)(C)C)nc2)cs1. The Hall–Kier alpha value is -1.42. The van der Waals surface area contributed by atoms with Crippen molar-refractivity contribution < 1.29 is 0 Å². The van der Waals surface area contributed by atoms with Gasteiger partial charge in [-0.05, 0) is 39.8 Å². The average molecular weight is 247 g/mol. The van der Waals surface area contributed by atoms with Crippen molar-refractivity contribution in [1.82, 2.24) is 9.97 Å². The molecule has 17 heavy (non-hydrogen) atoms. The second-order valence-electron chi connectivity index (χ2n) is 5.06. The molecule has 0 bridgehead atoms. The Labute approximate surface area is 106 Å². The van der Waals surface area contributed by atoms with Crippen molar-refractivity contribution >= 4 is 17.2 Å². The molecule has 0 atom stereocenters. The van der Waals surface area contributed by atoms with Gasteiger partial charge in [-0.25, -0.2) is 9.97 Å². The van der Waals surface area contributed by atoms with Crippen LogP contribution in [0.25, 0.3) is 11.3 Å². The zero-order valence-electron chi connectivity index (χ0n) is 10.6. The van der Waals surface area contributed by atoms with E-state index in [0.29, 0.717) is 0 Å².